The zero-order chi connectivity index (χ0) is 28.8. The van der Waals surface area contributed by atoms with Gasteiger partial charge in [0, 0.05) is 62.8 Å². The van der Waals surface area contributed by atoms with E-state index in [0.29, 0.717) is 0 Å². The quantitative estimate of drug-likeness (QED) is 0.196. The Morgan fingerprint density at radius 1 is 0.738 bits per heavy atom. The van der Waals surface area contributed by atoms with E-state index in [0.717, 1.165) is 50.1 Å². The molecular weight excluding hydrogens is 514 g/mol. The topological polar surface area (TPSA) is 48.0 Å². The zero-order valence-electron chi connectivity index (χ0n) is 24.0. The van der Waals surface area contributed by atoms with Crippen LogP contribution in [0.4, 0.5) is 0 Å². The highest BCUT2D eigenvalue weighted by Gasteiger charge is 2.26. The van der Waals surface area contributed by atoms with E-state index in [2.05, 4.69) is 136 Å². The predicted molar refractivity (Wildman–Crippen MR) is 174 cm³/mol. The molecule has 0 N–H and O–H groups in total. The molecule has 5 nitrogen and oxygen atoms in total. The van der Waals surface area contributed by atoms with Crippen molar-refractivity contribution in [2.45, 2.75) is 26.2 Å². The van der Waals surface area contributed by atoms with Crippen LogP contribution in [0.2, 0.25) is 0 Å². The van der Waals surface area contributed by atoms with Crippen LogP contribution in [-0.4, -0.2) is 25.3 Å². The second-order valence-electron chi connectivity index (χ2n) is 11.2. The number of benzene rings is 4. The van der Waals surface area contributed by atoms with Crippen molar-refractivity contribution < 1.29 is 0 Å². The molecule has 5 heteroatoms. The van der Waals surface area contributed by atoms with Crippen molar-refractivity contribution in [2.75, 3.05) is 0 Å². The third-order valence-corrected chi connectivity index (χ3v) is 8.46. The molecular formula is C37H31N5. The van der Waals surface area contributed by atoms with Gasteiger partial charge in [-0.2, -0.15) is 0 Å². The molecule has 0 aliphatic heterocycles. The summed E-state index contributed by atoms with van der Waals surface area (Å²) >= 11 is 0. The highest BCUT2D eigenvalue weighted by Crippen LogP contribution is 2.39. The van der Waals surface area contributed by atoms with E-state index in [-0.39, 0.29) is 5.41 Å². The van der Waals surface area contributed by atoms with Gasteiger partial charge in [-0.1, -0.05) is 69.0 Å². The smallest absolute Gasteiger partial charge is 0.148 e. The molecule has 0 amide bonds. The summed E-state index contributed by atoms with van der Waals surface area (Å²) in [5.41, 5.74) is 9.83. The van der Waals surface area contributed by atoms with E-state index in [9.17, 15) is 0 Å². The van der Waals surface area contributed by atoms with E-state index >= 15 is 0 Å². The highest BCUT2D eigenvalue weighted by atomic mass is 15.1. The molecule has 0 spiro atoms. The van der Waals surface area contributed by atoms with Crippen LogP contribution in [0.1, 0.15) is 36.2 Å². The van der Waals surface area contributed by atoms with Crippen LogP contribution in [-0.2, 0) is 5.41 Å². The SMILES string of the molecule is C=CN=Cc1c(C)n(-c2ccccc2)c2ccc(C(C)(C)c3ccc4c(c3)c3cncnc3n4-c3ccccc3)cc12. The fraction of sp³-hybridized carbons (Fsp3) is 0.108. The van der Waals surface area contributed by atoms with Crippen molar-refractivity contribution in [1.82, 2.24) is 19.1 Å². The van der Waals surface area contributed by atoms with Crippen molar-refractivity contribution in [3.63, 3.8) is 0 Å². The summed E-state index contributed by atoms with van der Waals surface area (Å²) in [5, 5.41) is 3.36. The van der Waals surface area contributed by atoms with Gasteiger partial charge in [0.25, 0.3) is 0 Å². The molecule has 0 bridgehead atoms. The maximum absolute atomic E-state index is 4.68. The Balaban J connectivity index is 1.41. The lowest BCUT2D eigenvalue weighted by Crippen LogP contribution is -2.18. The summed E-state index contributed by atoms with van der Waals surface area (Å²) in [6, 6.07) is 34.5. The number of aliphatic imine (C=N–C) groups is 1. The van der Waals surface area contributed by atoms with Crippen molar-refractivity contribution in [3.05, 3.63) is 145 Å². The molecule has 0 aliphatic rings. The van der Waals surface area contributed by atoms with E-state index in [1.54, 1.807) is 12.5 Å². The molecule has 0 unspecified atom stereocenters. The number of fused-ring (bicyclic) bond motifs is 4. The predicted octanol–water partition coefficient (Wildman–Crippen LogP) is 8.71. The first-order valence-electron chi connectivity index (χ1n) is 14.1. The summed E-state index contributed by atoms with van der Waals surface area (Å²) in [4.78, 5) is 13.5. The van der Waals surface area contributed by atoms with Crippen LogP contribution in [0.5, 0.6) is 0 Å². The Hall–Kier alpha value is -5.29. The van der Waals surface area contributed by atoms with Gasteiger partial charge in [0.15, 0.2) is 0 Å². The van der Waals surface area contributed by atoms with Crippen LogP contribution in [0.15, 0.2) is 127 Å². The van der Waals surface area contributed by atoms with Gasteiger partial charge in [0.2, 0.25) is 0 Å². The molecule has 204 valence electrons. The Morgan fingerprint density at radius 2 is 1.33 bits per heavy atom. The maximum Gasteiger partial charge on any atom is 0.148 e. The second kappa shape index (κ2) is 9.96. The molecule has 3 aromatic heterocycles. The summed E-state index contributed by atoms with van der Waals surface area (Å²) in [6.07, 6.45) is 7.06. The summed E-state index contributed by atoms with van der Waals surface area (Å²) in [5.74, 6) is 0. The number of aromatic nitrogens is 4. The Morgan fingerprint density at radius 3 is 1.98 bits per heavy atom. The lowest BCUT2D eigenvalue weighted by Gasteiger charge is -2.27. The van der Waals surface area contributed by atoms with Crippen molar-refractivity contribution in [2.24, 2.45) is 4.99 Å². The fourth-order valence-electron chi connectivity index (χ4n) is 6.18. The second-order valence-corrected chi connectivity index (χ2v) is 11.2. The number of hydrogen-bond acceptors (Lipinski definition) is 3. The van der Waals surface area contributed by atoms with Crippen molar-refractivity contribution in [3.8, 4) is 11.4 Å². The highest BCUT2D eigenvalue weighted by molar-refractivity contribution is 6.08. The van der Waals surface area contributed by atoms with Crippen molar-refractivity contribution in [1.29, 1.82) is 0 Å². The minimum Gasteiger partial charge on any atom is -0.313 e. The van der Waals surface area contributed by atoms with Crippen LogP contribution in [0.25, 0.3) is 44.2 Å². The van der Waals surface area contributed by atoms with Gasteiger partial charge in [0.05, 0.1) is 11.0 Å². The first kappa shape index (κ1) is 25.7. The summed E-state index contributed by atoms with van der Waals surface area (Å²) < 4.78 is 4.52. The minimum atomic E-state index is -0.269. The molecule has 7 rings (SSSR count). The molecule has 42 heavy (non-hydrogen) atoms. The number of rotatable bonds is 6. The molecule has 3 heterocycles. The first-order chi connectivity index (χ1) is 20.5. The minimum absolute atomic E-state index is 0.269. The number of hydrogen-bond donors (Lipinski definition) is 0. The number of nitrogens with zero attached hydrogens (tertiary/aromatic N) is 5. The third kappa shape index (κ3) is 3.97. The molecule has 0 atom stereocenters. The summed E-state index contributed by atoms with van der Waals surface area (Å²) in [7, 11) is 0. The van der Waals surface area contributed by atoms with Crippen LogP contribution >= 0.6 is 0 Å². The van der Waals surface area contributed by atoms with Crippen molar-refractivity contribution >= 4 is 39.1 Å². The van der Waals surface area contributed by atoms with Gasteiger partial charge in [0.1, 0.15) is 12.0 Å². The largest absolute Gasteiger partial charge is 0.313 e. The standard InChI is InChI=1S/C37H31N5/c1-5-38-22-32-25(2)41(28-12-8-6-9-13-28)34-18-16-26(20-30(32)34)37(3,4)27-17-19-35-31(21-27)33-23-39-24-40-36(33)42(35)29-14-10-7-11-15-29/h5-24H,1H2,2-4H3. The van der Waals surface area contributed by atoms with E-state index < -0.39 is 0 Å². The van der Waals surface area contributed by atoms with Gasteiger partial charge in [-0.3, -0.25) is 9.56 Å². The van der Waals surface area contributed by atoms with E-state index in [1.807, 2.05) is 24.5 Å². The molecule has 0 saturated carbocycles. The van der Waals surface area contributed by atoms with Gasteiger partial charge in [-0.05, 0) is 66.6 Å². The third-order valence-electron chi connectivity index (χ3n) is 8.46. The molecule has 7 aromatic rings. The number of para-hydroxylation sites is 2. The molecule has 0 saturated heterocycles. The van der Waals surface area contributed by atoms with E-state index in [4.69, 9.17) is 0 Å². The van der Waals surface area contributed by atoms with Gasteiger partial charge in [-0.15, -0.1) is 0 Å². The van der Waals surface area contributed by atoms with Crippen LogP contribution < -0.4 is 0 Å². The maximum atomic E-state index is 4.68. The molecule has 0 radical (unpaired) electrons. The molecule has 4 aromatic carbocycles. The molecule has 0 aliphatic carbocycles. The fourth-order valence-corrected chi connectivity index (χ4v) is 6.18. The molecule has 0 fully saturated rings. The normalized spacial score (nSPS) is 12.2. The van der Waals surface area contributed by atoms with E-state index in [1.165, 1.54) is 16.5 Å². The monoisotopic (exact) mass is 545 g/mol. The Labute approximate surface area is 245 Å². The van der Waals surface area contributed by atoms with Crippen LogP contribution in [0, 0.1) is 6.92 Å². The lowest BCUT2D eigenvalue weighted by atomic mass is 9.77. The average Bonchev–Trinajstić information content (AvgIpc) is 3.51. The van der Waals surface area contributed by atoms with Crippen LogP contribution in [0.3, 0.4) is 0 Å². The Bertz CT molecular complexity index is 2130. The zero-order valence-corrected chi connectivity index (χ0v) is 24.0. The van der Waals surface area contributed by atoms with Gasteiger partial charge in [-0.25, -0.2) is 9.97 Å². The van der Waals surface area contributed by atoms with Gasteiger partial charge >= 0.3 is 0 Å². The average molecular weight is 546 g/mol. The van der Waals surface area contributed by atoms with Gasteiger partial charge < -0.3 is 4.57 Å². The Kier molecular flexibility index (Phi) is 6.09. The summed E-state index contributed by atoms with van der Waals surface area (Å²) in [6.45, 7) is 10.5. The first-order valence-corrected chi connectivity index (χ1v) is 14.1. The lowest BCUT2D eigenvalue weighted by molar-refractivity contribution is 0.643.